The lowest BCUT2D eigenvalue weighted by Gasteiger charge is -2.25. The monoisotopic (exact) mass is 232 g/mol. The molecule has 90 valence electrons. The predicted molar refractivity (Wildman–Crippen MR) is 64.6 cm³/mol. The van der Waals surface area contributed by atoms with Gasteiger partial charge in [0, 0.05) is 18.3 Å². The Balaban J connectivity index is 1.97. The van der Waals surface area contributed by atoms with Gasteiger partial charge in [0.1, 0.15) is 12.4 Å². The van der Waals surface area contributed by atoms with Gasteiger partial charge in [-0.3, -0.25) is 0 Å². The normalized spacial score (nSPS) is 20.8. The summed E-state index contributed by atoms with van der Waals surface area (Å²) in [5.41, 5.74) is 0. The molecule has 17 heavy (non-hydrogen) atoms. The molecule has 1 aliphatic rings. The first-order chi connectivity index (χ1) is 8.31. The first-order valence-electron chi connectivity index (χ1n) is 5.77. The highest BCUT2D eigenvalue weighted by Gasteiger charge is 2.23. The van der Waals surface area contributed by atoms with E-state index in [1.54, 1.807) is 18.5 Å². The van der Waals surface area contributed by atoms with Crippen molar-refractivity contribution in [2.75, 3.05) is 0 Å². The molecule has 0 bridgehead atoms. The molecule has 0 aromatic carbocycles. The Morgan fingerprint density at radius 2 is 2.47 bits per heavy atom. The van der Waals surface area contributed by atoms with Crippen LogP contribution in [0.5, 0.6) is 0 Å². The second kappa shape index (κ2) is 5.48. The van der Waals surface area contributed by atoms with Crippen LogP contribution in [0.3, 0.4) is 0 Å². The molecule has 0 fully saturated rings. The molecule has 0 saturated carbocycles. The van der Waals surface area contributed by atoms with Crippen molar-refractivity contribution >= 4 is 6.09 Å². The SMILES string of the molecule is C=CC(OC(=O)n1ccnc1)C1CC=CCC1. The van der Waals surface area contributed by atoms with Crippen molar-refractivity contribution in [3.8, 4) is 0 Å². The average molecular weight is 232 g/mol. The molecule has 1 heterocycles. The summed E-state index contributed by atoms with van der Waals surface area (Å²) in [6.45, 7) is 3.74. The van der Waals surface area contributed by atoms with Crippen molar-refractivity contribution in [3.63, 3.8) is 0 Å². The summed E-state index contributed by atoms with van der Waals surface area (Å²) in [4.78, 5) is 15.6. The highest BCUT2D eigenvalue weighted by molar-refractivity contribution is 5.70. The second-order valence-corrected chi connectivity index (χ2v) is 4.10. The van der Waals surface area contributed by atoms with Crippen LogP contribution >= 0.6 is 0 Å². The Hall–Kier alpha value is -1.84. The molecule has 1 aromatic rings. The smallest absolute Gasteiger partial charge is 0.419 e. The van der Waals surface area contributed by atoms with Gasteiger partial charge >= 0.3 is 6.09 Å². The van der Waals surface area contributed by atoms with Crippen LogP contribution in [0.2, 0.25) is 0 Å². The molecule has 0 aliphatic heterocycles. The molecular weight excluding hydrogens is 216 g/mol. The van der Waals surface area contributed by atoms with Crippen LogP contribution in [0.15, 0.2) is 43.5 Å². The van der Waals surface area contributed by atoms with Crippen LogP contribution in [-0.4, -0.2) is 21.7 Å². The third-order valence-corrected chi connectivity index (χ3v) is 2.96. The summed E-state index contributed by atoms with van der Waals surface area (Å²) in [5.74, 6) is 0.338. The van der Waals surface area contributed by atoms with Gasteiger partial charge in [0.25, 0.3) is 0 Å². The number of hydrogen-bond donors (Lipinski definition) is 0. The van der Waals surface area contributed by atoms with E-state index in [4.69, 9.17) is 4.74 Å². The molecule has 0 amide bonds. The third kappa shape index (κ3) is 2.84. The lowest BCUT2D eigenvalue weighted by Crippen LogP contribution is -2.27. The summed E-state index contributed by atoms with van der Waals surface area (Å²) in [7, 11) is 0. The van der Waals surface area contributed by atoms with Gasteiger partial charge in [0.05, 0.1) is 0 Å². The van der Waals surface area contributed by atoms with Crippen molar-refractivity contribution in [1.82, 2.24) is 9.55 Å². The predicted octanol–water partition coefficient (Wildman–Crippen LogP) is 2.78. The zero-order valence-corrected chi connectivity index (χ0v) is 9.66. The molecular formula is C13H16N2O2. The Kier molecular flexibility index (Phi) is 3.75. The Labute approximate surface area is 101 Å². The van der Waals surface area contributed by atoms with Crippen LogP contribution in [0.25, 0.3) is 0 Å². The minimum atomic E-state index is -0.401. The average Bonchev–Trinajstić information content (AvgIpc) is 2.90. The van der Waals surface area contributed by atoms with Crippen molar-refractivity contribution < 1.29 is 9.53 Å². The maximum absolute atomic E-state index is 11.8. The van der Waals surface area contributed by atoms with E-state index in [1.807, 2.05) is 0 Å². The first-order valence-corrected chi connectivity index (χ1v) is 5.77. The number of ether oxygens (including phenoxy) is 1. The zero-order chi connectivity index (χ0) is 12.1. The van der Waals surface area contributed by atoms with Gasteiger partial charge in [-0.1, -0.05) is 24.8 Å². The van der Waals surface area contributed by atoms with Crippen LogP contribution in [0, 0.1) is 5.92 Å². The summed E-state index contributed by atoms with van der Waals surface area (Å²) in [6, 6.07) is 0. The molecule has 1 aromatic heterocycles. The van der Waals surface area contributed by atoms with E-state index in [-0.39, 0.29) is 6.10 Å². The third-order valence-electron chi connectivity index (χ3n) is 2.96. The van der Waals surface area contributed by atoms with E-state index in [0.717, 1.165) is 19.3 Å². The Morgan fingerprint density at radius 3 is 3.06 bits per heavy atom. The summed E-state index contributed by atoms with van der Waals surface area (Å²) in [6.07, 6.45) is 12.9. The van der Waals surface area contributed by atoms with Crippen molar-refractivity contribution in [2.24, 2.45) is 5.92 Å². The minimum absolute atomic E-state index is 0.227. The topological polar surface area (TPSA) is 44.1 Å². The molecule has 0 radical (unpaired) electrons. The molecule has 2 rings (SSSR count). The van der Waals surface area contributed by atoms with E-state index in [1.165, 1.54) is 10.9 Å². The van der Waals surface area contributed by atoms with Gasteiger partial charge in [-0.25, -0.2) is 14.3 Å². The van der Waals surface area contributed by atoms with E-state index in [9.17, 15) is 4.79 Å². The van der Waals surface area contributed by atoms with E-state index < -0.39 is 6.09 Å². The standard InChI is InChI=1S/C13H16N2O2/c1-2-12(11-6-4-3-5-7-11)17-13(16)15-9-8-14-10-15/h2-4,8-12H,1,5-7H2. The van der Waals surface area contributed by atoms with Crippen LogP contribution in [0.1, 0.15) is 19.3 Å². The fourth-order valence-corrected chi connectivity index (χ4v) is 2.00. The number of carbonyl (C=O) groups is 1. The number of imidazole rings is 1. The summed E-state index contributed by atoms with van der Waals surface area (Å²) in [5, 5.41) is 0. The Morgan fingerprint density at radius 1 is 1.59 bits per heavy atom. The first kappa shape index (κ1) is 11.6. The van der Waals surface area contributed by atoms with Gasteiger partial charge in [0.15, 0.2) is 0 Å². The van der Waals surface area contributed by atoms with Crippen LogP contribution < -0.4 is 0 Å². The molecule has 4 heteroatoms. The van der Waals surface area contributed by atoms with Gasteiger partial charge in [0.2, 0.25) is 0 Å². The highest BCUT2D eigenvalue weighted by atomic mass is 16.6. The van der Waals surface area contributed by atoms with Crippen molar-refractivity contribution in [3.05, 3.63) is 43.5 Å². The van der Waals surface area contributed by atoms with Gasteiger partial charge in [-0.15, -0.1) is 0 Å². The number of nitrogens with zero attached hydrogens (tertiary/aromatic N) is 2. The van der Waals surface area contributed by atoms with Gasteiger partial charge in [-0.05, 0) is 19.3 Å². The summed E-state index contributed by atoms with van der Waals surface area (Å²) < 4.78 is 6.74. The van der Waals surface area contributed by atoms with Crippen molar-refractivity contribution in [2.45, 2.75) is 25.4 Å². The van der Waals surface area contributed by atoms with E-state index in [2.05, 4.69) is 23.7 Å². The number of rotatable bonds is 3. The lowest BCUT2D eigenvalue weighted by atomic mass is 9.89. The molecule has 2 unspecified atom stereocenters. The molecule has 0 N–H and O–H groups in total. The largest absolute Gasteiger partial charge is 0.441 e. The maximum Gasteiger partial charge on any atom is 0.419 e. The highest BCUT2D eigenvalue weighted by Crippen LogP contribution is 2.24. The maximum atomic E-state index is 11.8. The molecule has 0 spiro atoms. The minimum Gasteiger partial charge on any atom is -0.441 e. The lowest BCUT2D eigenvalue weighted by molar-refractivity contribution is 0.0867. The second-order valence-electron chi connectivity index (χ2n) is 4.10. The van der Waals surface area contributed by atoms with Crippen molar-refractivity contribution in [1.29, 1.82) is 0 Å². The van der Waals surface area contributed by atoms with Gasteiger partial charge in [-0.2, -0.15) is 0 Å². The zero-order valence-electron chi connectivity index (χ0n) is 9.66. The number of carbonyl (C=O) groups excluding carboxylic acids is 1. The molecule has 4 nitrogen and oxygen atoms in total. The quantitative estimate of drug-likeness (QED) is 0.753. The molecule has 1 aliphatic carbocycles. The fourth-order valence-electron chi connectivity index (χ4n) is 2.00. The van der Waals surface area contributed by atoms with E-state index >= 15 is 0 Å². The fraction of sp³-hybridized carbons (Fsp3) is 0.385. The Bertz CT molecular complexity index is 409. The number of aromatic nitrogens is 2. The molecule has 0 saturated heterocycles. The number of hydrogen-bond acceptors (Lipinski definition) is 3. The van der Waals surface area contributed by atoms with E-state index in [0.29, 0.717) is 5.92 Å². The molecule has 2 atom stereocenters. The van der Waals surface area contributed by atoms with Crippen LogP contribution in [0.4, 0.5) is 4.79 Å². The number of allylic oxidation sites excluding steroid dienone is 2. The van der Waals surface area contributed by atoms with Crippen LogP contribution in [-0.2, 0) is 4.74 Å². The van der Waals surface area contributed by atoms with Gasteiger partial charge < -0.3 is 4.74 Å². The summed E-state index contributed by atoms with van der Waals surface area (Å²) >= 11 is 0.